The van der Waals surface area contributed by atoms with Crippen molar-refractivity contribution in [3.05, 3.63) is 66.4 Å². The molecule has 1 N–H and O–H groups in total. The highest BCUT2D eigenvalue weighted by Gasteiger charge is 2.06. The minimum atomic E-state index is 0.712. The van der Waals surface area contributed by atoms with Crippen molar-refractivity contribution in [3.63, 3.8) is 0 Å². The van der Waals surface area contributed by atoms with Crippen LogP contribution >= 0.6 is 0 Å². The first-order chi connectivity index (χ1) is 9.90. The molecule has 4 heteroatoms. The largest absolute Gasteiger partial charge is 0.342 e. The first-order valence-corrected chi connectivity index (χ1v) is 6.52. The van der Waals surface area contributed by atoms with Crippen LogP contribution in [0.5, 0.6) is 0 Å². The predicted octanol–water partition coefficient (Wildman–Crippen LogP) is 3.10. The van der Waals surface area contributed by atoms with E-state index >= 15 is 0 Å². The number of imidazole rings is 1. The van der Waals surface area contributed by atoms with Gasteiger partial charge in [-0.05, 0) is 16.3 Å². The van der Waals surface area contributed by atoms with Gasteiger partial charge in [0.15, 0.2) is 5.65 Å². The van der Waals surface area contributed by atoms with Crippen LogP contribution in [0.3, 0.4) is 0 Å². The van der Waals surface area contributed by atoms with Gasteiger partial charge in [0.05, 0.1) is 12.5 Å². The molecule has 4 aromatic rings. The van der Waals surface area contributed by atoms with Crippen molar-refractivity contribution >= 4 is 21.9 Å². The van der Waals surface area contributed by atoms with Gasteiger partial charge in [0.2, 0.25) is 0 Å². The van der Waals surface area contributed by atoms with Crippen molar-refractivity contribution in [2.75, 3.05) is 0 Å². The molecule has 20 heavy (non-hydrogen) atoms. The highest BCUT2D eigenvalue weighted by atomic mass is 15.0. The Hall–Kier alpha value is -2.75. The lowest BCUT2D eigenvalue weighted by Crippen LogP contribution is -1.97. The third-order valence-electron chi connectivity index (χ3n) is 3.45. The van der Waals surface area contributed by atoms with E-state index in [1.165, 1.54) is 16.3 Å². The summed E-state index contributed by atoms with van der Waals surface area (Å²) in [4.78, 5) is 16.1. The Labute approximate surface area is 115 Å². The second-order valence-electron chi connectivity index (χ2n) is 4.74. The van der Waals surface area contributed by atoms with Gasteiger partial charge < -0.3 is 4.98 Å². The Morgan fingerprint density at radius 2 is 1.85 bits per heavy atom. The maximum atomic E-state index is 4.48. The van der Waals surface area contributed by atoms with Gasteiger partial charge in [-0.2, -0.15) is 0 Å². The first kappa shape index (κ1) is 11.1. The molecule has 0 saturated carbocycles. The summed E-state index contributed by atoms with van der Waals surface area (Å²) in [5.74, 6) is 0.793. The Morgan fingerprint density at radius 1 is 0.950 bits per heavy atom. The van der Waals surface area contributed by atoms with E-state index < -0.39 is 0 Å². The van der Waals surface area contributed by atoms with Gasteiger partial charge in [0.25, 0.3) is 0 Å². The number of aromatic nitrogens is 4. The normalized spacial score (nSPS) is 11.2. The summed E-state index contributed by atoms with van der Waals surface area (Å²) in [5.41, 5.74) is 2.82. The van der Waals surface area contributed by atoms with Crippen molar-refractivity contribution in [1.82, 2.24) is 19.9 Å². The minimum absolute atomic E-state index is 0.712. The number of H-pyrrole nitrogens is 1. The molecule has 0 unspecified atom stereocenters. The van der Waals surface area contributed by atoms with Crippen molar-refractivity contribution in [2.24, 2.45) is 0 Å². The molecule has 96 valence electrons. The maximum absolute atomic E-state index is 4.48. The fourth-order valence-corrected chi connectivity index (χ4v) is 2.47. The van der Waals surface area contributed by atoms with Gasteiger partial charge in [-0.1, -0.05) is 42.5 Å². The molecule has 2 aromatic heterocycles. The van der Waals surface area contributed by atoms with E-state index in [-0.39, 0.29) is 0 Å². The highest BCUT2D eigenvalue weighted by Crippen LogP contribution is 2.20. The average Bonchev–Trinajstić information content (AvgIpc) is 2.95. The van der Waals surface area contributed by atoms with E-state index in [2.05, 4.69) is 62.4 Å². The van der Waals surface area contributed by atoms with Gasteiger partial charge in [-0.15, -0.1) is 0 Å². The number of nitrogens with one attached hydrogen (secondary N) is 1. The van der Waals surface area contributed by atoms with Crippen LogP contribution in [-0.2, 0) is 6.42 Å². The quantitative estimate of drug-likeness (QED) is 0.602. The van der Waals surface area contributed by atoms with Gasteiger partial charge in [-0.3, -0.25) is 0 Å². The standard InChI is InChI=1S/C16H12N4/c1-2-7-13-11(4-1)5-3-6-12(13)8-15-17-9-14-16(20-15)19-10-18-14/h1-7,9-10H,8H2,(H,17,18,19,20). The molecule has 0 aliphatic heterocycles. The number of nitrogens with zero attached hydrogens (tertiary/aromatic N) is 3. The summed E-state index contributed by atoms with van der Waals surface area (Å²) < 4.78 is 0. The highest BCUT2D eigenvalue weighted by molar-refractivity contribution is 5.85. The van der Waals surface area contributed by atoms with E-state index in [4.69, 9.17) is 0 Å². The number of aromatic amines is 1. The summed E-state index contributed by atoms with van der Waals surface area (Å²) in [6.07, 6.45) is 4.14. The second kappa shape index (κ2) is 4.42. The zero-order chi connectivity index (χ0) is 13.4. The van der Waals surface area contributed by atoms with Gasteiger partial charge in [0, 0.05) is 6.42 Å². The molecular weight excluding hydrogens is 248 g/mol. The maximum Gasteiger partial charge on any atom is 0.180 e. The smallest absolute Gasteiger partial charge is 0.180 e. The molecule has 0 aliphatic carbocycles. The summed E-state index contributed by atoms with van der Waals surface area (Å²) in [6.45, 7) is 0. The van der Waals surface area contributed by atoms with E-state index in [9.17, 15) is 0 Å². The molecule has 0 atom stereocenters. The Morgan fingerprint density at radius 3 is 2.85 bits per heavy atom. The molecular formula is C16H12N4. The van der Waals surface area contributed by atoms with Crippen molar-refractivity contribution < 1.29 is 0 Å². The molecule has 0 bridgehead atoms. The number of hydrogen-bond donors (Lipinski definition) is 1. The lowest BCUT2D eigenvalue weighted by molar-refractivity contribution is 0.992. The predicted molar refractivity (Wildman–Crippen MR) is 78.4 cm³/mol. The molecule has 4 nitrogen and oxygen atoms in total. The summed E-state index contributed by atoms with van der Waals surface area (Å²) in [7, 11) is 0. The van der Waals surface area contributed by atoms with E-state index in [0.29, 0.717) is 6.42 Å². The van der Waals surface area contributed by atoms with Crippen LogP contribution in [0.4, 0.5) is 0 Å². The van der Waals surface area contributed by atoms with Crippen LogP contribution in [0.15, 0.2) is 55.0 Å². The van der Waals surface area contributed by atoms with Crippen LogP contribution in [0, 0.1) is 0 Å². The molecule has 0 spiro atoms. The van der Waals surface area contributed by atoms with Crippen LogP contribution in [-0.4, -0.2) is 19.9 Å². The van der Waals surface area contributed by atoms with Gasteiger partial charge >= 0.3 is 0 Å². The van der Waals surface area contributed by atoms with Crippen LogP contribution in [0.1, 0.15) is 11.4 Å². The third-order valence-corrected chi connectivity index (χ3v) is 3.45. The van der Waals surface area contributed by atoms with Gasteiger partial charge in [-0.25, -0.2) is 15.0 Å². The monoisotopic (exact) mass is 260 g/mol. The topological polar surface area (TPSA) is 54.5 Å². The molecule has 0 aliphatic rings. The lowest BCUT2D eigenvalue weighted by atomic mass is 10.0. The first-order valence-electron chi connectivity index (χ1n) is 6.52. The molecule has 0 radical (unpaired) electrons. The van der Waals surface area contributed by atoms with E-state index in [1.807, 2.05) is 0 Å². The Balaban J connectivity index is 1.80. The minimum Gasteiger partial charge on any atom is -0.342 e. The van der Waals surface area contributed by atoms with Crippen molar-refractivity contribution in [1.29, 1.82) is 0 Å². The Kier molecular flexibility index (Phi) is 2.45. The fourth-order valence-electron chi connectivity index (χ4n) is 2.47. The lowest BCUT2D eigenvalue weighted by Gasteiger charge is -2.05. The number of hydrogen-bond acceptors (Lipinski definition) is 3. The molecule has 0 saturated heterocycles. The third kappa shape index (κ3) is 1.82. The molecule has 0 amide bonds. The van der Waals surface area contributed by atoms with Gasteiger partial charge in [0.1, 0.15) is 11.3 Å². The Bertz CT molecular complexity index is 890. The summed E-state index contributed by atoms with van der Waals surface area (Å²) >= 11 is 0. The molecule has 2 aromatic carbocycles. The summed E-state index contributed by atoms with van der Waals surface area (Å²) in [6, 6.07) is 14.7. The fraction of sp³-hybridized carbons (Fsp3) is 0.0625. The number of fused-ring (bicyclic) bond motifs is 2. The molecule has 4 rings (SSSR count). The summed E-state index contributed by atoms with van der Waals surface area (Å²) in [5, 5.41) is 2.49. The van der Waals surface area contributed by atoms with Crippen LogP contribution in [0.25, 0.3) is 21.9 Å². The van der Waals surface area contributed by atoms with E-state index in [0.717, 1.165) is 17.0 Å². The molecule has 0 fully saturated rings. The van der Waals surface area contributed by atoms with Crippen LogP contribution in [0.2, 0.25) is 0 Å². The SMILES string of the molecule is c1ccc2c(Cc3ncc4[nH]cnc4n3)cccc2c1. The van der Waals surface area contributed by atoms with Crippen molar-refractivity contribution in [2.45, 2.75) is 6.42 Å². The zero-order valence-electron chi connectivity index (χ0n) is 10.7. The second-order valence-corrected chi connectivity index (χ2v) is 4.74. The van der Waals surface area contributed by atoms with Crippen molar-refractivity contribution in [3.8, 4) is 0 Å². The van der Waals surface area contributed by atoms with E-state index in [1.54, 1.807) is 12.5 Å². The number of rotatable bonds is 2. The molecule has 2 heterocycles. The number of benzene rings is 2. The van der Waals surface area contributed by atoms with Crippen LogP contribution < -0.4 is 0 Å². The average molecular weight is 260 g/mol. The zero-order valence-corrected chi connectivity index (χ0v) is 10.7.